The van der Waals surface area contributed by atoms with Crippen molar-refractivity contribution < 1.29 is 4.79 Å². The molecule has 1 aliphatic carbocycles. The normalized spacial score (nSPS) is 14.1. The summed E-state index contributed by atoms with van der Waals surface area (Å²) in [6.45, 7) is 3.03. The zero-order valence-electron chi connectivity index (χ0n) is 10.4. The maximum Gasteiger partial charge on any atom is 0.254 e. The first kappa shape index (κ1) is 13.0. The SMILES string of the molecule is C#CCN(CC1CC1)C(=O)c1ccc(Cl)cc1C. The Balaban J connectivity index is 2.18. The Morgan fingerprint density at radius 2 is 2.28 bits per heavy atom. The molecule has 1 aromatic rings. The van der Waals surface area contributed by atoms with Crippen LogP contribution in [0.3, 0.4) is 0 Å². The lowest BCUT2D eigenvalue weighted by Gasteiger charge is -2.21. The number of aryl methyl sites for hydroxylation is 1. The summed E-state index contributed by atoms with van der Waals surface area (Å²) in [4.78, 5) is 14.2. The molecule has 1 fully saturated rings. The van der Waals surface area contributed by atoms with Crippen LogP contribution in [0.2, 0.25) is 5.02 Å². The number of carbonyl (C=O) groups excluding carboxylic acids is 1. The number of carbonyl (C=O) groups is 1. The van der Waals surface area contributed by atoms with Gasteiger partial charge in [-0.3, -0.25) is 4.79 Å². The summed E-state index contributed by atoms with van der Waals surface area (Å²) < 4.78 is 0. The maximum atomic E-state index is 12.4. The zero-order valence-corrected chi connectivity index (χ0v) is 11.2. The van der Waals surface area contributed by atoms with Crippen LogP contribution in [-0.4, -0.2) is 23.9 Å². The molecule has 0 aromatic heterocycles. The molecule has 2 nitrogen and oxygen atoms in total. The molecule has 0 spiro atoms. The molecule has 1 amide bonds. The molecule has 18 heavy (non-hydrogen) atoms. The summed E-state index contributed by atoms with van der Waals surface area (Å²) in [6, 6.07) is 5.32. The Hall–Kier alpha value is -1.46. The molecular weight excluding hydrogens is 246 g/mol. The number of hydrogen-bond donors (Lipinski definition) is 0. The van der Waals surface area contributed by atoms with E-state index in [9.17, 15) is 4.79 Å². The number of terminal acetylenes is 1. The third-order valence-electron chi connectivity index (χ3n) is 3.16. The lowest BCUT2D eigenvalue weighted by Crippen LogP contribution is -2.33. The number of rotatable bonds is 4. The second-order valence-electron chi connectivity index (χ2n) is 4.79. The van der Waals surface area contributed by atoms with Gasteiger partial charge in [-0.15, -0.1) is 6.42 Å². The van der Waals surface area contributed by atoms with Crippen LogP contribution in [-0.2, 0) is 0 Å². The highest BCUT2D eigenvalue weighted by Gasteiger charge is 2.27. The molecule has 3 heteroatoms. The fourth-order valence-electron chi connectivity index (χ4n) is 1.98. The van der Waals surface area contributed by atoms with E-state index in [0.717, 1.165) is 12.1 Å². The van der Waals surface area contributed by atoms with E-state index >= 15 is 0 Å². The summed E-state index contributed by atoms with van der Waals surface area (Å²) in [5.41, 5.74) is 1.58. The Bertz CT molecular complexity index is 500. The van der Waals surface area contributed by atoms with Crippen LogP contribution in [0.4, 0.5) is 0 Å². The number of amides is 1. The molecule has 0 bridgehead atoms. The lowest BCUT2D eigenvalue weighted by atomic mass is 10.1. The molecule has 1 aliphatic rings. The number of nitrogens with zero attached hydrogens (tertiary/aromatic N) is 1. The van der Waals surface area contributed by atoms with E-state index < -0.39 is 0 Å². The fraction of sp³-hybridized carbons (Fsp3) is 0.400. The van der Waals surface area contributed by atoms with E-state index in [1.165, 1.54) is 12.8 Å². The van der Waals surface area contributed by atoms with Gasteiger partial charge in [-0.05, 0) is 49.4 Å². The molecule has 2 rings (SSSR count). The Labute approximate surface area is 113 Å². The van der Waals surface area contributed by atoms with Crippen LogP contribution >= 0.6 is 11.6 Å². The third-order valence-corrected chi connectivity index (χ3v) is 3.40. The van der Waals surface area contributed by atoms with Crippen LogP contribution in [0.15, 0.2) is 18.2 Å². The first-order valence-corrected chi connectivity index (χ1v) is 6.48. The van der Waals surface area contributed by atoms with Gasteiger partial charge in [0.1, 0.15) is 0 Å². The van der Waals surface area contributed by atoms with Crippen molar-refractivity contribution in [3.8, 4) is 12.3 Å². The van der Waals surface area contributed by atoms with Crippen molar-refractivity contribution in [2.75, 3.05) is 13.1 Å². The Kier molecular flexibility index (Phi) is 3.93. The molecule has 0 atom stereocenters. The predicted octanol–water partition coefficient (Wildman–Crippen LogP) is 3.13. The molecule has 0 radical (unpaired) electrons. The van der Waals surface area contributed by atoms with E-state index in [-0.39, 0.29) is 5.91 Å². The first-order valence-electron chi connectivity index (χ1n) is 6.10. The number of benzene rings is 1. The van der Waals surface area contributed by atoms with Crippen LogP contribution in [0.1, 0.15) is 28.8 Å². The van der Waals surface area contributed by atoms with Crippen molar-refractivity contribution in [3.05, 3.63) is 34.3 Å². The van der Waals surface area contributed by atoms with E-state index in [0.29, 0.717) is 23.0 Å². The average Bonchev–Trinajstić information content (AvgIpc) is 3.11. The Morgan fingerprint density at radius 1 is 1.56 bits per heavy atom. The van der Waals surface area contributed by atoms with Gasteiger partial charge in [-0.2, -0.15) is 0 Å². The van der Waals surface area contributed by atoms with Gasteiger partial charge in [-0.25, -0.2) is 0 Å². The van der Waals surface area contributed by atoms with Crippen molar-refractivity contribution in [2.45, 2.75) is 19.8 Å². The van der Waals surface area contributed by atoms with Gasteiger partial charge in [0.2, 0.25) is 0 Å². The number of hydrogen-bond acceptors (Lipinski definition) is 1. The highest BCUT2D eigenvalue weighted by atomic mass is 35.5. The van der Waals surface area contributed by atoms with Gasteiger partial charge in [0.25, 0.3) is 5.91 Å². The summed E-state index contributed by atoms with van der Waals surface area (Å²) >= 11 is 5.90. The first-order chi connectivity index (χ1) is 8.61. The van der Waals surface area contributed by atoms with Crippen LogP contribution in [0.25, 0.3) is 0 Å². The summed E-state index contributed by atoms with van der Waals surface area (Å²) in [6.07, 6.45) is 7.74. The van der Waals surface area contributed by atoms with Crippen molar-refractivity contribution in [3.63, 3.8) is 0 Å². The van der Waals surface area contributed by atoms with Gasteiger partial charge >= 0.3 is 0 Å². The van der Waals surface area contributed by atoms with Gasteiger partial charge < -0.3 is 4.90 Å². The van der Waals surface area contributed by atoms with Crippen LogP contribution in [0.5, 0.6) is 0 Å². The molecule has 0 N–H and O–H groups in total. The summed E-state index contributed by atoms with van der Waals surface area (Å²) in [5.74, 6) is 3.20. The standard InChI is InChI=1S/C15H16ClNO/c1-3-8-17(10-12-4-5-12)15(18)14-7-6-13(16)9-11(14)2/h1,6-7,9,12H,4-5,8,10H2,2H3. The highest BCUT2D eigenvalue weighted by Crippen LogP contribution is 2.30. The smallest absolute Gasteiger partial charge is 0.254 e. The van der Waals surface area contributed by atoms with Crippen molar-refractivity contribution in [2.24, 2.45) is 5.92 Å². The van der Waals surface area contributed by atoms with Gasteiger partial charge in [0, 0.05) is 17.1 Å². The summed E-state index contributed by atoms with van der Waals surface area (Å²) in [5, 5.41) is 0.648. The second-order valence-corrected chi connectivity index (χ2v) is 5.23. The van der Waals surface area contributed by atoms with E-state index in [2.05, 4.69) is 5.92 Å². The average molecular weight is 262 g/mol. The topological polar surface area (TPSA) is 20.3 Å². The second kappa shape index (κ2) is 5.46. The predicted molar refractivity (Wildman–Crippen MR) is 73.6 cm³/mol. The molecule has 94 valence electrons. The summed E-state index contributed by atoms with van der Waals surface area (Å²) in [7, 11) is 0. The van der Waals surface area contributed by atoms with E-state index in [4.69, 9.17) is 18.0 Å². The Morgan fingerprint density at radius 3 is 2.83 bits per heavy atom. The minimum Gasteiger partial charge on any atom is -0.327 e. The molecule has 0 saturated heterocycles. The molecular formula is C15H16ClNO. The van der Waals surface area contributed by atoms with Crippen molar-refractivity contribution >= 4 is 17.5 Å². The van der Waals surface area contributed by atoms with Gasteiger partial charge in [-0.1, -0.05) is 17.5 Å². The molecule has 1 saturated carbocycles. The van der Waals surface area contributed by atoms with Crippen molar-refractivity contribution in [1.29, 1.82) is 0 Å². The maximum absolute atomic E-state index is 12.4. The van der Waals surface area contributed by atoms with Crippen LogP contribution in [0, 0.1) is 25.2 Å². The zero-order chi connectivity index (χ0) is 13.1. The molecule has 0 heterocycles. The van der Waals surface area contributed by atoms with Crippen LogP contribution < -0.4 is 0 Å². The molecule has 0 aliphatic heterocycles. The minimum atomic E-state index is 0.00835. The quantitative estimate of drug-likeness (QED) is 0.763. The lowest BCUT2D eigenvalue weighted by molar-refractivity contribution is 0.0769. The van der Waals surface area contributed by atoms with Gasteiger partial charge in [0.15, 0.2) is 0 Å². The van der Waals surface area contributed by atoms with Gasteiger partial charge in [0.05, 0.1) is 6.54 Å². The molecule has 1 aromatic carbocycles. The fourth-order valence-corrected chi connectivity index (χ4v) is 2.21. The molecule has 0 unspecified atom stereocenters. The minimum absolute atomic E-state index is 0.00835. The highest BCUT2D eigenvalue weighted by molar-refractivity contribution is 6.30. The third kappa shape index (κ3) is 3.05. The largest absolute Gasteiger partial charge is 0.327 e. The van der Waals surface area contributed by atoms with E-state index in [1.54, 1.807) is 23.1 Å². The monoisotopic (exact) mass is 261 g/mol. The van der Waals surface area contributed by atoms with Crippen molar-refractivity contribution in [1.82, 2.24) is 4.90 Å². The van der Waals surface area contributed by atoms with E-state index in [1.807, 2.05) is 6.92 Å². The number of halogens is 1.